The Bertz CT molecular complexity index is 1130. The number of ether oxygens (including phenoxy) is 1. The van der Waals surface area contributed by atoms with Crippen LogP contribution in [0.15, 0.2) is 36.7 Å². The van der Waals surface area contributed by atoms with Crippen LogP contribution in [0, 0.1) is 5.82 Å². The highest BCUT2D eigenvalue weighted by molar-refractivity contribution is 7.15. The van der Waals surface area contributed by atoms with Gasteiger partial charge in [-0.15, -0.1) is 10.2 Å². The van der Waals surface area contributed by atoms with E-state index in [-0.39, 0.29) is 0 Å². The molecule has 0 unspecified atom stereocenters. The third-order valence-corrected chi connectivity index (χ3v) is 4.87. The van der Waals surface area contributed by atoms with Gasteiger partial charge in [-0.25, -0.2) is 4.39 Å². The van der Waals surface area contributed by atoms with Gasteiger partial charge in [-0.2, -0.15) is 13.9 Å². The molecule has 0 aliphatic heterocycles. The first-order valence-corrected chi connectivity index (χ1v) is 8.91. The van der Waals surface area contributed by atoms with E-state index in [2.05, 4.69) is 30.3 Å². The minimum atomic E-state index is -3.11. The predicted molar refractivity (Wildman–Crippen MR) is 98.1 cm³/mol. The van der Waals surface area contributed by atoms with Crippen LogP contribution in [-0.2, 0) is 6.54 Å². The Morgan fingerprint density at radius 2 is 2.04 bits per heavy atom. The standard InChI is InChI=1S/C17H13F3N6OS/c1-21-17-25-24-15(28-17)8-26-13-4-10(6-22-12(13)7-23-26)9-2-3-11(18)14(5-9)27-16(19)20/h2-7,16H,8H2,1H3,(H,21,25). The molecule has 3 heterocycles. The third-order valence-electron chi connectivity index (χ3n) is 3.94. The molecule has 0 aliphatic carbocycles. The second kappa shape index (κ2) is 7.43. The zero-order valence-corrected chi connectivity index (χ0v) is 15.3. The van der Waals surface area contributed by atoms with Crippen LogP contribution in [-0.4, -0.2) is 38.6 Å². The molecule has 28 heavy (non-hydrogen) atoms. The molecule has 144 valence electrons. The Morgan fingerprint density at radius 3 is 2.79 bits per heavy atom. The monoisotopic (exact) mass is 406 g/mol. The van der Waals surface area contributed by atoms with Gasteiger partial charge in [0.1, 0.15) is 10.5 Å². The van der Waals surface area contributed by atoms with Gasteiger partial charge in [-0.3, -0.25) is 9.67 Å². The van der Waals surface area contributed by atoms with Crippen LogP contribution >= 0.6 is 11.3 Å². The zero-order chi connectivity index (χ0) is 19.7. The summed E-state index contributed by atoms with van der Waals surface area (Å²) in [5, 5.41) is 16.8. The fourth-order valence-electron chi connectivity index (χ4n) is 2.66. The second-order valence-corrected chi connectivity index (χ2v) is 6.77. The van der Waals surface area contributed by atoms with Crippen molar-refractivity contribution in [1.82, 2.24) is 25.0 Å². The van der Waals surface area contributed by atoms with E-state index in [1.54, 1.807) is 30.2 Å². The first-order valence-electron chi connectivity index (χ1n) is 8.10. The number of hydrogen-bond donors (Lipinski definition) is 1. The number of nitrogens with one attached hydrogen (secondary N) is 1. The lowest BCUT2D eigenvalue weighted by Gasteiger charge is -2.09. The van der Waals surface area contributed by atoms with Crippen LogP contribution in [0.4, 0.5) is 18.3 Å². The Labute approximate surface area is 160 Å². The van der Waals surface area contributed by atoms with E-state index >= 15 is 0 Å². The van der Waals surface area contributed by atoms with Crippen molar-refractivity contribution in [3.8, 4) is 16.9 Å². The first kappa shape index (κ1) is 18.2. The molecule has 1 aromatic carbocycles. The molecular formula is C17H13F3N6OS. The van der Waals surface area contributed by atoms with Gasteiger partial charge in [-0.05, 0) is 23.8 Å². The third kappa shape index (κ3) is 3.60. The summed E-state index contributed by atoms with van der Waals surface area (Å²) in [7, 11) is 1.76. The molecule has 0 saturated heterocycles. The van der Waals surface area contributed by atoms with Crippen molar-refractivity contribution in [3.05, 3.63) is 47.5 Å². The normalized spacial score (nSPS) is 11.3. The molecule has 0 spiro atoms. The summed E-state index contributed by atoms with van der Waals surface area (Å²) in [4.78, 5) is 4.34. The lowest BCUT2D eigenvalue weighted by molar-refractivity contribution is -0.0521. The largest absolute Gasteiger partial charge is 0.432 e. The molecule has 3 aromatic heterocycles. The lowest BCUT2D eigenvalue weighted by atomic mass is 10.1. The van der Waals surface area contributed by atoms with E-state index in [4.69, 9.17) is 0 Å². The lowest BCUT2D eigenvalue weighted by Crippen LogP contribution is -2.04. The van der Waals surface area contributed by atoms with E-state index in [0.717, 1.165) is 16.6 Å². The maximum atomic E-state index is 13.7. The van der Waals surface area contributed by atoms with Crippen molar-refractivity contribution in [2.75, 3.05) is 12.4 Å². The molecule has 0 amide bonds. The van der Waals surface area contributed by atoms with Crippen molar-refractivity contribution < 1.29 is 17.9 Å². The quantitative estimate of drug-likeness (QED) is 0.525. The van der Waals surface area contributed by atoms with Crippen molar-refractivity contribution in [2.24, 2.45) is 0 Å². The minimum Gasteiger partial charge on any atom is -0.432 e. The van der Waals surface area contributed by atoms with E-state index in [1.807, 2.05) is 0 Å². The topological polar surface area (TPSA) is 77.8 Å². The molecule has 0 saturated carbocycles. The minimum absolute atomic E-state index is 0.400. The SMILES string of the molecule is CNc1nnc(Cn2ncc3ncc(-c4ccc(F)c(OC(F)F)c4)cc32)s1. The van der Waals surface area contributed by atoms with Gasteiger partial charge in [0.15, 0.2) is 11.6 Å². The number of fused-ring (bicyclic) bond motifs is 1. The molecule has 0 radical (unpaired) electrons. The predicted octanol–water partition coefficient (Wildman–Crippen LogP) is 3.78. The Kier molecular flexibility index (Phi) is 4.82. The highest BCUT2D eigenvalue weighted by Crippen LogP contribution is 2.29. The van der Waals surface area contributed by atoms with Crippen molar-refractivity contribution in [2.45, 2.75) is 13.2 Å². The molecule has 0 aliphatic rings. The van der Waals surface area contributed by atoms with Gasteiger partial charge in [0.25, 0.3) is 0 Å². The summed E-state index contributed by atoms with van der Waals surface area (Å²) in [6.45, 7) is -2.71. The number of anilines is 1. The highest BCUT2D eigenvalue weighted by atomic mass is 32.1. The molecule has 4 aromatic rings. The molecule has 0 fully saturated rings. The van der Waals surface area contributed by atoms with Crippen molar-refractivity contribution >= 4 is 27.5 Å². The molecule has 1 N–H and O–H groups in total. The molecule has 7 nitrogen and oxygen atoms in total. The van der Waals surface area contributed by atoms with Crippen LogP contribution in [0.5, 0.6) is 5.75 Å². The Hall–Kier alpha value is -3.21. The van der Waals surface area contributed by atoms with Gasteiger partial charge >= 0.3 is 6.61 Å². The summed E-state index contributed by atoms with van der Waals surface area (Å²) in [5.74, 6) is -1.38. The second-order valence-electron chi connectivity index (χ2n) is 5.71. The van der Waals surface area contributed by atoms with Crippen LogP contribution in [0.1, 0.15) is 5.01 Å². The molecule has 0 atom stereocenters. The zero-order valence-electron chi connectivity index (χ0n) is 14.4. The number of halogens is 3. The number of pyridine rings is 1. The highest BCUT2D eigenvalue weighted by Gasteiger charge is 2.13. The van der Waals surface area contributed by atoms with Gasteiger partial charge in [0, 0.05) is 18.8 Å². The Balaban J connectivity index is 1.69. The Morgan fingerprint density at radius 1 is 1.18 bits per heavy atom. The van der Waals surface area contributed by atoms with E-state index in [0.29, 0.717) is 28.3 Å². The van der Waals surface area contributed by atoms with Crippen LogP contribution < -0.4 is 10.1 Å². The summed E-state index contributed by atoms with van der Waals surface area (Å²) in [6, 6.07) is 5.57. The smallest absolute Gasteiger partial charge is 0.387 e. The van der Waals surface area contributed by atoms with Crippen LogP contribution in [0.3, 0.4) is 0 Å². The maximum absolute atomic E-state index is 13.7. The van der Waals surface area contributed by atoms with Gasteiger partial charge in [0.2, 0.25) is 5.13 Å². The maximum Gasteiger partial charge on any atom is 0.387 e. The summed E-state index contributed by atoms with van der Waals surface area (Å²) >= 11 is 1.41. The molecular weight excluding hydrogens is 393 g/mol. The van der Waals surface area contributed by atoms with E-state index < -0.39 is 18.2 Å². The average molecular weight is 406 g/mol. The number of benzene rings is 1. The number of nitrogens with zero attached hydrogens (tertiary/aromatic N) is 5. The van der Waals surface area contributed by atoms with E-state index in [1.165, 1.54) is 23.5 Å². The van der Waals surface area contributed by atoms with Gasteiger partial charge in [0.05, 0.1) is 18.3 Å². The first-order chi connectivity index (χ1) is 13.5. The summed E-state index contributed by atoms with van der Waals surface area (Å²) in [5.41, 5.74) is 2.49. The average Bonchev–Trinajstić information content (AvgIpc) is 3.30. The van der Waals surface area contributed by atoms with Crippen LogP contribution in [0.25, 0.3) is 22.2 Å². The molecule has 0 bridgehead atoms. The summed E-state index contributed by atoms with van der Waals surface area (Å²) in [6.07, 6.45) is 3.19. The fraction of sp³-hybridized carbons (Fsp3) is 0.176. The fourth-order valence-corrected chi connectivity index (χ4v) is 3.33. The van der Waals surface area contributed by atoms with Gasteiger partial charge < -0.3 is 10.1 Å². The van der Waals surface area contributed by atoms with Gasteiger partial charge in [-0.1, -0.05) is 17.4 Å². The van der Waals surface area contributed by atoms with E-state index in [9.17, 15) is 13.2 Å². The number of rotatable bonds is 6. The molecule has 11 heteroatoms. The number of aromatic nitrogens is 5. The summed E-state index contributed by atoms with van der Waals surface area (Å²) < 4.78 is 44.5. The number of hydrogen-bond acceptors (Lipinski definition) is 7. The van der Waals surface area contributed by atoms with Crippen molar-refractivity contribution in [1.29, 1.82) is 0 Å². The molecule has 4 rings (SSSR count). The van der Waals surface area contributed by atoms with Crippen molar-refractivity contribution in [3.63, 3.8) is 0 Å². The number of alkyl halides is 2. The van der Waals surface area contributed by atoms with Crippen LogP contribution in [0.2, 0.25) is 0 Å².